The third-order valence-corrected chi connectivity index (χ3v) is 2.10. The Hall–Kier alpha value is -0.900. The van der Waals surface area contributed by atoms with Crippen LogP contribution < -0.4 is 11.1 Å². The summed E-state index contributed by atoms with van der Waals surface area (Å²) in [5.41, 5.74) is 5.02. The SMILES string of the molecule is CCNC(CCCC(N)=O)C(=O)CC. The van der Waals surface area contributed by atoms with E-state index in [1.54, 1.807) is 0 Å². The van der Waals surface area contributed by atoms with E-state index in [9.17, 15) is 9.59 Å². The minimum Gasteiger partial charge on any atom is -0.370 e. The van der Waals surface area contributed by atoms with Crippen molar-refractivity contribution in [2.45, 2.75) is 45.6 Å². The zero-order valence-corrected chi connectivity index (χ0v) is 9.01. The van der Waals surface area contributed by atoms with Crippen LogP contribution in [-0.2, 0) is 9.59 Å². The van der Waals surface area contributed by atoms with Crippen molar-refractivity contribution in [3.05, 3.63) is 0 Å². The third-order valence-electron chi connectivity index (χ3n) is 2.10. The summed E-state index contributed by atoms with van der Waals surface area (Å²) in [5, 5.41) is 3.11. The summed E-state index contributed by atoms with van der Waals surface area (Å²) in [7, 11) is 0. The van der Waals surface area contributed by atoms with Gasteiger partial charge in [0.15, 0.2) is 0 Å². The molecule has 0 heterocycles. The zero-order chi connectivity index (χ0) is 11.0. The number of rotatable bonds is 8. The molecular formula is C10H20N2O2. The lowest BCUT2D eigenvalue weighted by Gasteiger charge is -2.14. The molecule has 0 spiro atoms. The van der Waals surface area contributed by atoms with Crippen LogP contribution in [0.3, 0.4) is 0 Å². The number of primary amides is 1. The lowest BCUT2D eigenvalue weighted by molar-refractivity contribution is -0.121. The van der Waals surface area contributed by atoms with Crippen LogP contribution >= 0.6 is 0 Å². The summed E-state index contributed by atoms with van der Waals surface area (Å²) in [6.45, 7) is 4.58. The molecule has 3 N–H and O–H groups in total. The van der Waals surface area contributed by atoms with Crippen molar-refractivity contribution in [1.29, 1.82) is 0 Å². The van der Waals surface area contributed by atoms with Gasteiger partial charge in [-0.1, -0.05) is 13.8 Å². The molecule has 82 valence electrons. The van der Waals surface area contributed by atoms with Crippen LogP contribution in [0.15, 0.2) is 0 Å². The number of amides is 1. The largest absolute Gasteiger partial charge is 0.370 e. The topological polar surface area (TPSA) is 72.2 Å². The smallest absolute Gasteiger partial charge is 0.217 e. The van der Waals surface area contributed by atoms with E-state index in [1.807, 2.05) is 13.8 Å². The van der Waals surface area contributed by atoms with Gasteiger partial charge in [-0.25, -0.2) is 0 Å². The fraction of sp³-hybridized carbons (Fsp3) is 0.800. The summed E-state index contributed by atoms with van der Waals surface area (Å²) >= 11 is 0. The highest BCUT2D eigenvalue weighted by Gasteiger charge is 2.14. The molecule has 0 aromatic heterocycles. The first kappa shape index (κ1) is 13.1. The van der Waals surface area contributed by atoms with Crippen LogP contribution in [0.25, 0.3) is 0 Å². The standard InChI is InChI=1S/C10H20N2O2/c1-3-9(13)8(12-4-2)6-5-7-10(11)14/h8,12H,3-7H2,1-2H3,(H2,11,14). The maximum atomic E-state index is 11.4. The van der Waals surface area contributed by atoms with Crippen LogP contribution in [-0.4, -0.2) is 24.3 Å². The summed E-state index contributed by atoms with van der Waals surface area (Å²) in [5.74, 6) is -0.0967. The summed E-state index contributed by atoms with van der Waals surface area (Å²) in [6, 6.07) is -0.107. The molecule has 0 radical (unpaired) electrons. The monoisotopic (exact) mass is 200 g/mol. The molecule has 0 fully saturated rings. The molecule has 1 unspecified atom stereocenters. The normalized spacial score (nSPS) is 12.4. The maximum absolute atomic E-state index is 11.4. The summed E-state index contributed by atoms with van der Waals surface area (Å²) < 4.78 is 0. The number of nitrogens with two attached hydrogens (primary N) is 1. The van der Waals surface area contributed by atoms with Gasteiger partial charge in [-0.05, 0) is 19.4 Å². The average molecular weight is 200 g/mol. The van der Waals surface area contributed by atoms with Gasteiger partial charge in [0.1, 0.15) is 5.78 Å². The van der Waals surface area contributed by atoms with Gasteiger partial charge in [0.2, 0.25) is 5.91 Å². The highest BCUT2D eigenvalue weighted by atomic mass is 16.1. The van der Waals surface area contributed by atoms with E-state index in [0.29, 0.717) is 25.7 Å². The number of hydrogen-bond acceptors (Lipinski definition) is 3. The molecule has 0 aromatic carbocycles. The number of carbonyl (C=O) groups is 2. The Morgan fingerprint density at radius 2 is 2.00 bits per heavy atom. The van der Waals surface area contributed by atoms with Gasteiger partial charge in [-0.3, -0.25) is 9.59 Å². The van der Waals surface area contributed by atoms with Crippen molar-refractivity contribution in [3.63, 3.8) is 0 Å². The van der Waals surface area contributed by atoms with Crippen LogP contribution in [0.5, 0.6) is 0 Å². The van der Waals surface area contributed by atoms with E-state index >= 15 is 0 Å². The molecular weight excluding hydrogens is 180 g/mol. The second-order valence-corrected chi connectivity index (χ2v) is 3.29. The van der Waals surface area contributed by atoms with E-state index in [0.717, 1.165) is 6.54 Å². The Morgan fingerprint density at radius 3 is 2.43 bits per heavy atom. The van der Waals surface area contributed by atoms with Gasteiger partial charge in [0, 0.05) is 12.8 Å². The number of Topliss-reactive ketones (excluding diaryl/α,β-unsaturated/α-hetero) is 1. The van der Waals surface area contributed by atoms with Gasteiger partial charge in [0.25, 0.3) is 0 Å². The molecule has 14 heavy (non-hydrogen) atoms. The number of ketones is 1. The summed E-state index contributed by atoms with van der Waals surface area (Å²) in [6.07, 6.45) is 2.27. The van der Waals surface area contributed by atoms with E-state index in [1.165, 1.54) is 0 Å². The molecule has 0 aliphatic heterocycles. The molecule has 0 saturated heterocycles. The Bertz CT molecular complexity index is 193. The highest BCUT2D eigenvalue weighted by molar-refractivity contribution is 5.83. The molecule has 4 heteroatoms. The van der Waals surface area contributed by atoms with Crippen LogP contribution in [0.1, 0.15) is 39.5 Å². The Kier molecular flexibility index (Phi) is 7.02. The van der Waals surface area contributed by atoms with Gasteiger partial charge >= 0.3 is 0 Å². The molecule has 0 saturated carbocycles. The van der Waals surface area contributed by atoms with Crippen LogP contribution in [0.2, 0.25) is 0 Å². The van der Waals surface area contributed by atoms with Crippen molar-refractivity contribution in [3.8, 4) is 0 Å². The van der Waals surface area contributed by atoms with Crippen LogP contribution in [0, 0.1) is 0 Å². The first-order valence-electron chi connectivity index (χ1n) is 5.16. The first-order valence-corrected chi connectivity index (χ1v) is 5.16. The maximum Gasteiger partial charge on any atom is 0.217 e. The molecule has 0 aliphatic rings. The van der Waals surface area contributed by atoms with Gasteiger partial charge < -0.3 is 11.1 Å². The fourth-order valence-corrected chi connectivity index (χ4v) is 1.35. The van der Waals surface area contributed by atoms with E-state index in [2.05, 4.69) is 5.32 Å². The molecule has 1 atom stereocenters. The molecule has 4 nitrogen and oxygen atoms in total. The minimum absolute atomic E-state index is 0.107. The third kappa shape index (κ3) is 5.70. The quantitative estimate of drug-likeness (QED) is 0.602. The average Bonchev–Trinajstić information content (AvgIpc) is 2.15. The number of likely N-dealkylation sites (N-methyl/N-ethyl adjacent to an activating group) is 1. The molecule has 0 aliphatic carbocycles. The first-order chi connectivity index (χ1) is 6.61. The van der Waals surface area contributed by atoms with E-state index in [4.69, 9.17) is 5.73 Å². The second kappa shape index (κ2) is 7.50. The Morgan fingerprint density at radius 1 is 1.36 bits per heavy atom. The van der Waals surface area contributed by atoms with E-state index < -0.39 is 0 Å². The van der Waals surface area contributed by atoms with Gasteiger partial charge in [-0.15, -0.1) is 0 Å². The Balaban J connectivity index is 3.84. The van der Waals surface area contributed by atoms with Crippen molar-refractivity contribution in [2.24, 2.45) is 5.73 Å². The number of hydrogen-bond donors (Lipinski definition) is 2. The lowest BCUT2D eigenvalue weighted by Crippen LogP contribution is -2.36. The van der Waals surface area contributed by atoms with Gasteiger partial charge in [0.05, 0.1) is 6.04 Å². The van der Waals surface area contributed by atoms with Crippen molar-refractivity contribution in [1.82, 2.24) is 5.32 Å². The summed E-state index contributed by atoms with van der Waals surface area (Å²) in [4.78, 5) is 21.9. The van der Waals surface area contributed by atoms with Crippen molar-refractivity contribution >= 4 is 11.7 Å². The minimum atomic E-state index is -0.302. The Labute approximate surface area is 85.2 Å². The number of carbonyl (C=O) groups excluding carboxylic acids is 2. The molecule has 0 aromatic rings. The second-order valence-electron chi connectivity index (χ2n) is 3.29. The number of nitrogens with one attached hydrogen (secondary N) is 1. The lowest BCUT2D eigenvalue weighted by atomic mass is 10.0. The van der Waals surface area contributed by atoms with Crippen molar-refractivity contribution < 1.29 is 9.59 Å². The molecule has 1 amide bonds. The zero-order valence-electron chi connectivity index (χ0n) is 9.01. The highest BCUT2D eigenvalue weighted by Crippen LogP contribution is 2.03. The fourth-order valence-electron chi connectivity index (χ4n) is 1.35. The molecule has 0 bridgehead atoms. The predicted octanol–water partition coefficient (Wildman–Crippen LogP) is 0.599. The van der Waals surface area contributed by atoms with Crippen molar-refractivity contribution in [2.75, 3.05) is 6.54 Å². The van der Waals surface area contributed by atoms with E-state index in [-0.39, 0.29) is 17.7 Å². The van der Waals surface area contributed by atoms with Crippen LogP contribution in [0.4, 0.5) is 0 Å². The van der Waals surface area contributed by atoms with Gasteiger partial charge in [-0.2, -0.15) is 0 Å². The predicted molar refractivity (Wildman–Crippen MR) is 55.8 cm³/mol. The molecule has 0 rings (SSSR count).